The Labute approximate surface area is 116 Å². The van der Waals surface area contributed by atoms with Crippen molar-refractivity contribution in [3.63, 3.8) is 0 Å². The molecular weight excluding hydrogens is 261 g/mol. The molecule has 0 aliphatic carbocycles. The summed E-state index contributed by atoms with van der Waals surface area (Å²) in [6, 6.07) is 7.82. The first-order valence-corrected chi connectivity index (χ1v) is 6.27. The Morgan fingerprint density at radius 1 is 1.45 bits per heavy atom. The predicted octanol–water partition coefficient (Wildman–Crippen LogP) is 2.41. The van der Waals surface area contributed by atoms with E-state index < -0.39 is 0 Å². The van der Waals surface area contributed by atoms with Crippen LogP contribution in [0.3, 0.4) is 0 Å². The van der Waals surface area contributed by atoms with Crippen molar-refractivity contribution in [2.45, 2.75) is 19.9 Å². The average Bonchev–Trinajstić information content (AvgIpc) is 2.82. The largest absolute Gasteiger partial charge is 0.338 e. The number of hydrogen-bond donors (Lipinski definition) is 2. The number of carbonyl (C=O) groups is 1. The standard InChI is InChI=1S/C14H16FN3O2/c1-9-7-14(20-18-9)17-13(19)8-16-10(2)11-5-3-4-6-12(11)15/h3-7,10,16H,8H2,1-2H3,(H,17,19). The van der Waals surface area contributed by atoms with Crippen molar-refractivity contribution in [3.05, 3.63) is 47.4 Å². The predicted molar refractivity (Wildman–Crippen MR) is 72.7 cm³/mol. The average molecular weight is 277 g/mol. The quantitative estimate of drug-likeness (QED) is 0.880. The number of nitrogens with zero attached hydrogens (tertiary/aromatic N) is 1. The first kappa shape index (κ1) is 14.2. The lowest BCUT2D eigenvalue weighted by Gasteiger charge is -2.14. The van der Waals surface area contributed by atoms with E-state index in [1.54, 1.807) is 38.1 Å². The van der Waals surface area contributed by atoms with Gasteiger partial charge in [-0.3, -0.25) is 10.1 Å². The minimum atomic E-state index is -0.293. The van der Waals surface area contributed by atoms with E-state index >= 15 is 0 Å². The summed E-state index contributed by atoms with van der Waals surface area (Å²) in [5.41, 5.74) is 1.21. The second-order valence-electron chi connectivity index (χ2n) is 4.50. The molecule has 5 nitrogen and oxygen atoms in total. The van der Waals surface area contributed by atoms with Crippen molar-refractivity contribution in [1.82, 2.24) is 10.5 Å². The van der Waals surface area contributed by atoms with Crippen LogP contribution in [0.15, 0.2) is 34.9 Å². The van der Waals surface area contributed by atoms with Gasteiger partial charge in [-0.1, -0.05) is 23.4 Å². The lowest BCUT2D eigenvalue weighted by molar-refractivity contribution is -0.115. The molecular formula is C14H16FN3O2. The van der Waals surface area contributed by atoms with Crippen LogP contribution in [0.4, 0.5) is 10.3 Å². The molecule has 0 radical (unpaired) electrons. The Balaban J connectivity index is 1.85. The van der Waals surface area contributed by atoms with Gasteiger partial charge in [0.15, 0.2) is 0 Å². The fourth-order valence-corrected chi connectivity index (χ4v) is 1.79. The Morgan fingerprint density at radius 3 is 2.85 bits per heavy atom. The summed E-state index contributed by atoms with van der Waals surface area (Å²) >= 11 is 0. The van der Waals surface area contributed by atoms with Crippen molar-refractivity contribution < 1.29 is 13.7 Å². The van der Waals surface area contributed by atoms with Crippen molar-refractivity contribution in [2.24, 2.45) is 0 Å². The fourth-order valence-electron chi connectivity index (χ4n) is 1.79. The number of aromatic nitrogens is 1. The molecule has 0 saturated carbocycles. The van der Waals surface area contributed by atoms with Gasteiger partial charge in [0, 0.05) is 17.7 Å². The third kappa shape index (κ3) is 3.64. The van der Waals surface area contributed by atoms with E-state index in [0.29, 0.717) is 17.1 Å². The fraction of sp³-hybridized carbons (Fsp3) is 0.286. The van der Waals surface area contributed by atoms with Gasteiger partial charge in [0.1, 0.15) is 5.82 Å². The highest BCUT2D eigenvalue weighted by molar-refractivity contribution is 5.90. The molecule has 1 atom stereocenters. The van der Waals surface area contributed by atoms with Crippen LogP contribution in [-0.2, 0) is 4.79 Å². The van der Waals surface area contributed by atoms with Crippen LogP contribution in [0.2, 0.25) is 0 Å². The lowest BCUT2D eigenvalue weighted by Crippen LogP contribution is -2.30. The first-order valence-electron chi connectivity index (χ1n) is 6.27. The Morgan fingerprint density at radius 2 is 2.20 bits per heavy atom. The Bertz CT molecular complexity index is 598. The van der Waals surface area contributed by atoms with Crippen LogP contribution in [0.5, 0.6) is 0 Å². The maximum atomic E-state index is 13.6. The van der Waals surface area contributed by atoms with E-state index in [-0.39, 0.29) is 24.3 Å². The topological polar surface area (TPSA) is 67.2 Å². The molecule has 0 aliphatic rings. The van der Waals surface area contributed by atoms with Gasteiger partial charge in [0.25, 0.3) is 0 Å². The van der Waals surface area contributed by atoms with Crippen LogP contribution in [0, 0.1) is 12.7 Å². The van der Waals surface area contributed by atoms with Gasteiger partial charge in [-0.25, -0.2) is 4.39 Å². The second kappa shape index (κ2) is 6.29. The van der Waals surface area contributed by atoms with Crippen molar-refractivity contribution in [2.75, 3.05) is 11.9 Å². The molecule has 0 bridgehead atoms. The zero-order valence-electron chi connectivity index (χ0n) is 11.3. The van der Waals surface area contributed by atoms with Gasteiger partial charge in [0.2, 0.25) is 11.8 Å². The zero-order valence-corrected chi connectivity index (χ0v) is 11.3. The number of anilines is 1. The molecule has 0 aliphatic heterocycles. The molecule has 6 heteroatoms. The molecule has 1 aromatic heterocycles. The molecule has 2 N–H and O–H groups in total. The summed E-state index contributed by atoms with van der Waals surface area (Å²) in [6.45, 7) is 3.61. The molecule has 1 amide bonds. The summed E-state index contributed by atoms with van der Waals surface area (Å²) in [4.78, 5) is 11.7. The van der Waals surface area contributed by atoms with Crippen molar-refractivity contribution in [1.29, 1.82) is 0 Å². The summed E-state index contributed by atoms with van der Waals surface area (Å²) in [5.74, 6) is -0.268. The Hall–Kier alpha value is -2.21. The maximum absolute atomic E-state index is 13.6. The van der Waals surface area contributed by atoms with E-state index in [1.807, 2.05) is 0 Å². The molecule has 1 aromatic carbocycles. The molecule has 1 unspecified atom stereocenters. The lowest BCUT2D eigenvalue weighted by atomic mass is 10.1. The van der Waals surface area contributed by atoms with Gasteiger partial charge >= 0.3 is 0 Å². The molecule has 0 fully saturated rings. The third-order valence-electron chi connectivity index (χ3n) is 2.83. The van der Waals surface area contributed by atoms with Crippen molar-refractivity contribution >= 4 is 11.8 Å². The van der Waals surface area contributed by atoms with E-state index in [2.05, 4.69) is 15.8 Å². The van der Waals surface area contributed by atoms with Gasteiger partial charge in [-0.15, -0.1) is 0 Å². The molecule has 106 valence electrons. The summed E-state index contributed by atoms with van der Waals surface area (Å²) < 4.78 is 18.4. The van der Waals surface area contributed by atoms with Gasteiger partial charge < -0.3 is 9.84 Å². The smallest absolute Gasteiger partial charge is 0.240 e. The van der Waals surface area contributed by atoms with E-state index in [1.165, 1.54) is 6.07 Å². The molecule has 1 heterocycles. The summed E-state index contributed by atoms with van der Waals surface area (Å²) in [5, 5.41) is 9.18. The van der Waals surface area contributed by atoms with Crippen LogP contribution in [0.1, 0.15) is 24.2 Å². The van der Waals surface area contributed by atoms with Gasteiger partial charge in [-0.2, -0.15) is 0 Å². The number of nitrogens with one attached hydrogen (secondary N) is 2. The number of aryl methyl sites for hydroxylation is 1. The minimum Gasteiger partial charge on any atom is -0.338 e. The Kier molecular flexibility index (Phi) is 4.47. The SMILES string of the molecule is Cc1cc(NC(=O)CNC(C)c2ccccc2F)on1. The third-order valence-corrected chi connectivity index (χ3v) is 2.83. The molecule has 0 spiro atoms. The normalized spacial score (nSPS) is 12.2. The molecule has 0 saturated heterocycles. The van der Waals surface area contributed by atoms with E-state index in [4.69, 9.17) is 4.52 Å². The highest BCUT2D eigenvalue weighted by Crippen LogP contribution is 2.15. The van der Waals surface area contributed by atoms with Gasteiger partial charge in [-0.05, 0) is 19.9 Å². The number of hydrogen-bond acceptors (Lipinski definition) is 4. The molecule has 2 rings (SSSR count). The van der Waals surface area contributed by atoms with E-state index in [0.717, 1.165) is 0 Å². The van der Waals surface area contributed by atoms with Crippen LogP contribution in [0.25, 0.3) is 0 Å². The number of benzene rings is 1. The highest BCUT2D eigenvalue weighted by Gasteiger charge is 2.12. The monoisotopic (exact) mass is 277 g/mol. The van der Waals surface area contributed by atoms with Crippen LogP contribution >= 0.6 is 0 Å². The molecule has 2 aromatic rings. The van der Waals surface area contributed by atoms with Crippen LogP contribution in [-0.4, -0.2) is 17.6 Å². The highest BCUT2D eigenvalue weighted by atomic mass is 19.1. The minimum absolute atomic E-state index is 0.0508. The van der Waals surface area contributed by atoms with Crippen molar-refractivity contribution in [3.8, 4) is 0 Å². The summed E-state index contributed by atoms with van der Waals surface area (Å²) in [7, 11) is 0. The van der Waals surface area contributed by atoms with Crippen LogP contribution < -0.4 is 10.6 Å². The first-order chi connectivity index (χ1) is 9.56. The summed E-state index contributed by atoms with van der Waals surface area (Å²) in [6.07, 6.45) is 0. The number of carbonyl (C=O) groups excluding carboxylic acids is 1. The van der Waals surface area contributed by atoms with E-state index in [9.17, 15) is 9.18 Å². The zero-order chi connectivity index (χ0) is 14.5. The number of rotatable bonds is 5. The number of amides is 1. The maximum Gasteiger partial charge on any atom is 0.240 e. The molecule has 20 heavy (non-hydrogen) atoms. The number of halogens is 1. The second-order valence-corrected chi connectivity index (χ2v) is 4.50. The van der Waals surface area contributed by atoms with Gasteiger partial charge in [0.05, 0.1) is 12.2 Å².